The number of hydrogen-bond acceptors (Lipinski definition) is 3. The number of benzene rings is 2. The number of aromatic hydroxyl groups is 1. The van der Waals surface area contributed by atoms with Gasteiger partial charge in [-0.05, 0) is 80.4 Å². The van der Waals surface area contributed by atoms with Crippen molar-refractivity contribution in [3.8, 4) is 5.75 Å². The molecule has 1 heterocycles. The summed E-state index contributed by atoms with van der Waals surface area (Å²) in [6.07, 6.45) is 3.01. The van der Waals surface area contributed by atoms with Crippen LogP contribution in [0, 0.1) is 0 Å². The van der Waals surface area contributed by atoms with E-state index in [1.165, 1.54) is 16.7 Å². The lowest BCUT2D eigenvalue weighted by Gasteiger charge is -2.55. The maximum Gasteiger partial charge on any atom is 0.115 e. The van der Waals surface area contributed by atoms with E-state index in [1.807, 2.05) is 30.3 Å². The van der Waals surface area contributed by atoms with E-state index in [1.54, 1.807) is 0 Å². The maximum absolute atomic E-state index is 10.1. The molecule has 5 heteroatoms. The topological polar surface area (TPSA) is 35.5 Å². The van der Waals surface area contributed by atoms with E-state index in [0.29, 0.717) is 27.9 Å². The molecule has 1 aliphatic carbocycles. The Kier molecular flexibility index (Phi) is 5.15. The zero-order valence-electron chi connectivity index (χ0n) is 15.8. The summed E-state index contributed by atoms with van der Waals surface area (Å²) >= 11 is 12.2. The first-order valence-corrected chi connectivity index (χ1v) is 10.3. The van der Waals surface area contributed by atoms with Crippen molar-refractivity contribution in [1.29, 1.82) is 0 Å². The molecule has 2 N–H and O–H groups in total. The summed E-state index contributed by atoms with van der Waals surface area (Å²) in [5, 5.41) is 15.1. The monoisotopic (exact) mass is 404 g/mol. The van der Waals surface area contributed by atoms with E-state index >= 15 is 0 Å². The molecule has 2 aliphatic rings. The Morgan fingerprint density at radius 3 is 2.78 bits per heavy atom. The molecule has 0 saturated carbocycles. The molecule has 0 aromatic heterocycles. The number of nitrogens with one attached hydrogen (secondary N) is 1. The average Bonchev–Trinajstić information content (AvgIpc) is 2.64. The molecule has 2 aromatic carbocycles. The van der Waals surface area contributed by atoms with Crippen LogP contribution >= 0.6 is 23.2 Å². The predicted octanol–water partition coefficient (Wildman–Crippen LogP) is 4.42. The molecular formula is C22H26Cl2N2O. The Labute approximate surface area is 171 Å². The third kappa shape index (κ3) is 3.47. The van der Waals surface area contributed by atoms with Crippen molar-refractivity contribution in [3.63, 3.8) is 0 Å². The van der Waals surface area contributed by atoms with Crippen LogP contribution in [-0.4, -0.2) is 42.2 Å². The van der Waals surface area contributed by atoms with Gasteiger partial charge in [0.05, 0.1) is 10.0 Å². The van der Waals surface area contributed by atoms with E-state index in [-0.39, 0.29) is 5.41 Å². The maximum atomic E-state index is 10.1. The number of piperidine rings is 1. The second kappa shape index (κ2) is 7.29. The Bertz CT molecular complexity index is 856. The molecule has 2 bridgehead atoms. The van der Waals surface area contributed by atoms with Crippen molar-refractivity contribution in [1.82, 2.24) is 10.2 Å². The first-order chi connectivity index (χ1) is 12.9. The molecule has 2 aromatic rings. The number of phenolic OH excluding ortho intramolecular Hbond substituents is 1. The second-order valence-corrected chi connectivity index (χ2v) is 9.01. The van der Waals surface area contributed by atoms with Crippen LogP contribution in [0.1, 0.15) is 30.0 Å². The fourth-order valence-electron chi connectivity index (χ4n) is 4.91. The van der Waals surface area contributed by atoms with Crippen molar-refractivity contribution in [3.05, 3.63) is 63.1 Å². The molecule has 144 valence electrons. The Morgan fingerprint density at radius 1 is 1.19 bits per heavy atom. The summed E-state index contributed by atoms with van der Waals surface area (Å²) in [6, 6.07) is 12.6. The number of nitrogens with zero attached hydrogens (tertiary/aromatic N) is 1. The zero-order valence-corrected chi connectivity index (χ0v) is 17.3. The number of halogens is 2. The van der Waals surface area contributed by atoms with Gasteiger partial charge in [-0.3, -0.25) is 0 Å². The lowest BCUT2D eigenvalue weighted by molar-refractivity contribution is 0.0663. The van der Waals surface area contributed by atoms with E-state index in [9.17, 15) is 5.11 Å². The summed E-state index contributed by atoms with van der Waals surface area (Å²) in [5.41, 5.74) is 3.89. The SMILES string of the molecule is CN1CCC2(C)c3cc(O)ccc3C[C@@H]1[C@@H]2NCCc1ccc(Cl)c(Cl)c1. The highest BCUT2D eigenvalue weighted by Crippen LogP contribution is 2.45. The molecule has 1 fully saturated rings. The quantitative estimate of drug-likeness (QED) is 0.791. The minimum Gasteiger partial charge on any atom is -0.508 e. The van der Waals surface area contributed by atoms with Crippen LogP contribution in [0.4, 0.5) is 0 Å². The molecule has 3 nitrogen and oxygen atoms in total. The normalized spacial score (nSPS) is 27.4. The van der Waals surface area contributed by atoms with Gasteiger partial charge in [0, 0.05) is 17.5 Å². The highest BCUT2D eigenvalue weighted by atomic mass is 35.5. The van der Waals surface area contributed by atoms with Gasteiger partial charge in [0.1, 0.15) is 5.75 Å². The van der Waals surface area contributed by atoms with Gasteiger partial charge in [-0.1, -0.05) is 42.3 Å². The number of hydrogen-bond donors (Lipinski definition) is 2. The molecule has 0 radical (unpaired) electrons. The van der Waals surface area contributed by atoms with Crippen molar-refractivity contribution in [2.75, 3.05) is 20.1 Å². The Hall–Kier alpha value is -1.26. The van der Waals surface area contributed by atoms with Crippen LogP contribution in [0.3, 0.4) is 0 Å². The number of phenols is 1. The van der Waals surface area contributed by atoms with Crippen molar-refractivity contribution in [2.24, 2.45) is 0 Å². The van der Waals surface area contributed by atoms with Gasteiger partial charge in [0.25, 0.3) is 0 Å². The van der Waals surface area contributed by atoms with E-state index in [0.717, 1.165) is 32.4 Å². The Morgan fingerprint density at radius 2 is 2.00 bits per heavy atom. The van der Waals surface area contributed by atoms with Gasteiger partial charge in [-0.15, -0.1) is 0 Å². The molecule has 0 amide bonds. The fraction of sp³-hybridized carbons (Fsp3) is 0.455. The first kappa shape index (κ1) is 19.1. The highest BCUT2D eigenvalue weighted by molar-refractivity contribution is 6.42. The van der Waals surface area contributed by atoms with E-state index in [4.69, 9.17) is 23.2 Å². The largest absolute Gasteiger partial charge is 0.508 e. The molecule has 4 rings (SSSR count). The summed E-state index contributed by atoms with van der Waals surface area (Å²) in [7, 11) is 2.23. The minimum absolute atomic E-state index is 0.0289. The second-order valence-electron chi connectivity index (χ2n) is 8.19. The van der Waals surface area contributed by atoms with Gasteiger partial charge < -0.3 is 15.3 Å². The summed E-state index contributed by atoms with van der Waals surface area (Å²) in [5.74, 6) is 0.363. The van der Waals surface area contributed by atoms with Gasteiger partial charge >= 0.3 is 0 Å². The lowest BCUT2D eigenvalue weighted by atomic mass is 9.61. The Balaban J connectivity index is 1.55. The number of rotatable bonds is 4. The van der Waals surface area contributed by atoms with Gasteiger partial charge in [0.15, 0.2) is 0 Å². The molecule has 27 heavy (non-hydrogen) atoms. The fourth-order valence-corrected chi connectivity index (χ4v) is 5.23. The van der Waals surface area contributed by atoms with Crippen LogP contribution < -0.4 is 5.32 Å². The predicted molar refractivity (Wildman–Crippen MR) is 112 cm³/mol. The van der Waals surface area contributed by atoms with Crippen molar-refractivity contribution < 1.29 is 5.11 Å². The summed E-state index contributed by atoms with van der Waals surface area (Å²) in [4.78, 5) is 2.48. The molecular weight excluding hydrogens is 379 g/mol. The summed E-state index contributed by atoms with van der Waals surface area (Å²) < 4.78 is 0. The third-order valence-corrected chi connectivity index (χ3v) is 7.26. The zero-order chi connectivity index (χ0) is 19.2. The van der Waals surface area contributed by atoms with Crippen molar-refractivity contribution in [2.45, 2.75) is 43.7 Å². The summed E-state index contributed by atoms with van der Waals surface area (Å²) in [6.45, 7) is 4.32. The first-order valence-electron chi connectivity index (χ1n) is 9.58. The molecule has 0 spiro atoms. The highest BCUT2D eigenvalue weighted by Gasteiger charge is 2.49. The average molecular weight is 405 g/mol. The minimum atomic E-state index is 0.0289. The molecule has 3 atom stereocenters. The van der Waals surface area contributed by atoms with Gasteiger partial charge in [-0.25, -0.2) is 0 Å². The number of likely N-dealkylation sites (tertiary alicyclic amines) is 1. The van der Waals surface area contributed by atoms with Crippen LogP contribution in [-0.2, 0) is 18.3 Å². The van der Waals surface area contributed by atoms with Crippen LogP contribution in [0.25, 0.3) is 0 Å². The van der Waals surface area contributed by atoms with Crippen molar-refractivity contribution >= 4 is 23.2 Å². The molecule has 1 unspecified atom stereocenters. The van der Waals surface area contributed by atoms with Gasteiger partial charge in [0.2, 0.25) is 0 Å². The third-order valence-electron chi connectivity index (χ3n) is 6.52. The van der Waals surface area contributed by atoms with Crippen LogP contribution in [0.5, 0.6) is 5.75 Å². The molecule has 1 aliphatic heterocycles. The van der Waals surface area contributed by atoms with Crippen LogP contribution in [0.15, 0.2) is 36.4 Å². The molecule has 1 saturated heterocycles. The standard InChI is InChI=1S/C22H26Cl2N2O/c1-22-8-10-26(2)20(12-15-4-5-16(27)13-17(15)22)21(22)25-9-7-14-3-6-18(23)19(24)11-14/h3-6,11,13,20-21,25,27H,7-10,12H2,1-2H3/t20-,21+,22?/m1/s1. The number of likely N-dealkylation sites (N-methyl/N-ethyl adjacent to an activating group) is 1. The number of fused-ring (bicyclic) bond motifs is 4. The van der Waals surface area contributed by atoms with E-state index in [2.05, 4.69) is 30.3 Å². The van der Waals surface area contributed by atoms with Crippen LogP contribution in [0.2, 0.25) is 10.0 Å². The van der Waals surface area contributed by atoms with Gasteiger partial charge in [-0.2, -0.15) is 0 Å². The lowest BCUT2D eigenvalue weighted by Crippen LogP contribution is -2.66. The smallest absolute Gasteiger partial charge is 0.115 e. The van der Waals surface area contributed by atoms with E-state index < -0.39 is 0 Å².